The Hall–Kier alpha value is -0.980. The average molecular weight is 303 g/mol. The number of unbranched alkanes of at least 4 members (excludes halogenated alkanes) is 6. The first kappa shape index (κ1) is 17.4. The largest absolute Gasteiger partial charge is 0.488 e. The Labute approximate surface area is 137 Å². The molecule has 0 heterocycles. The van der Waals surface area contributed by atoms with E-state index in [1.165, 1.54) is 63.4 Å². The first-order chi connectivity index (χ1) is 10.6. The highest BCUT2D eigenvalue weighted by Crippen LogP contribution is 2.41. The highest BCUT2D eigenvalue weighted by molar-refractivity contribution is 5.33. The number of benzene rings is 1. The zero-order chi connectivity index (χ0) is 15.8. The molecule has 1 fully saturated rings. The smallest absolute Gasteiger partial charge is 0.120 e. The van der Waals surface area contributed by atoms with E-state index in [1.54, 1.807) is 0 Å². The summed E-state index contributed by atoms with van der Waals surface area (Å²) in [4.78, 5) is 0. The van der Waals surface area contributed by atoms with Gasteiger partial charge in [-0.05, 0) is 63.1 Å². The van der Waals surface area contributed by atoms with Crippen molar-refractivity contribution in [3.8, 4) is 5.75 Å². The third kappa shape index (κ3) is 6.42. The minimum absolute atomic E-state index is 0.0500. The van der Waals surface area contributed by atoms with Crippen LogP contribution in [-0.4, -0.2) is 5.60 Å². The number of rotatable bonds is 11. The maximum atomic E-state index is 6.27. The second-order valence-electron chi connectivity index (χ2n) is 7.58. The summed E-state index contributed by atoms with van der Waals surface area (Å²) in [6.45, 7) is 6.74. The zero-order valence-electron chi connectivity index (χ0n) is 14.9. The topological polar surface area (TPSA) is 9.23 Å². The second kappa shape index (κ2) is 8.60. The van der Waals surface area contributed by atoms with Crippen LogP contribution in [0.5, 0.6) is 5.75 Å². The Morgan fingerprint density at radius 3 is 2.36 bits per heavy atom. The lowest BCUT2D eigenvalue weighted by atomic mass is 9.99. The monoisotopic (exact) mass is 302 g/mol. The minimum atomic E-state index is -0.0500. The van der Waals surface area contributed by atoms with Gasteiger partial charge in [-0.3, -0.25) is 0 Å². The van der Waals surface area contributed by atoms with E-state index in [-0.39, 0.29) is 5.60 Å². The van der Waals surface area contributed by atoms with Crippen LogP contribution in [-0.2, 0) is 0 Å². The summed E-state index contributed by atoms with van der Waals surface area (Å²) in [6.07, 6.45) is 13.4. The minimum Gasteiger partial charge on any atom is -0.488 e. The Morgan fingerprint density at radius 1 is 1.00 bits per heavy atom. The van der Waals surface area contributed by atoms with Crippen molar-refractivity contribution in [2.45, 2.75) is 96.5 Å². The molecule has 1 aromatic rings. The maximum Gasteiger partial charge on any atom is 0.120 e. The highest BCUT2D eigenvalue weighted by Gasteiger charge is 2.24. The molecule has 0 unspecified atom stereocenters. The molecule has 1 aliphatic carbocycles. The van der Waals surface area contributed by atoms with Crippen LogP contribution in [0.15, 0.2) is 24.3 Å². The molecule has 124 valence electrons. The lowest BCUT2D eigenvalue weighted by molar-refractivity contribution is 0.0959. The fourth-order valence-corrected chi connectivity index (χ4v) is 3.13. The van der Waals surface area contributed by atoms with E-state index in [0.29, 0.717) is 0 Å². The average Bonchev–Trinajstić information content (AvgIpc) is 3.31. The molecule has 1 heteroatoms. The quantitative estimate of drug-likeness (QED) is 0.406. The molecular formula is C21H34O. The van der Waals surface area contributed by atoms with Crippen LogP contribution >= 0.6 is 0 Å². The third-order valence-electron chi connectivity index (χ3n) is 4.68. The molecule has 0 amide bonds. The van der Waals surface area contributed by atoms with Crippen molar-refractivity contribution in [2.75, 3.05) is 0 Å². The van der Waals surface area contributed by atoms with E-state index in [2.05, 4.69) is 45.0 Å². The van der Waals surface area contributed by atoms with E-state index in [0.717, 1.165) is 18.1 Å². The van der Waals surface area contributed by atoms with Crippen molar-refractivity contribution >= 4 is 0 Å². The molecule has 0 spiro atoms. The van der Waals surface area contributed by atoms with Gasteiger partial charge in [0, 0.05) is 0 Å². The standard InChI is InChI=1S/C21H34O/c1-4-5-6-7-8-9-10-16-21(2,3)22-20-13-11-12-19(17-20)18-14-15-18/h11-13,17-18H,4-10,14-16H2,1-3H3. The van der Waals surface area contributed by atoms with Crippen LogP contribution < -0.4 is 4.74 Å². The third-order valence-corrected chi connectivity index (χ3v) is 4.68. The molecule has 0 radical (unpaired) electrons. The molecule has 0 atom stereocenters. The molecular weight excluding hydrogens is 268 g/mol. The fraction of sp³-hybridized carbons (Fsp3) is 0.714. The number of hydrogen-bond donors (Lipinski definition) is 0. The van der Waals surface area contributed by atoms with Crippen molar-refractivity contribution in [2.24, 2.45) is 0 Å². The molecule has 22 heavy (non-hydrogen) atoms. The van der Waals surface area contributed by atoms with Crippen LogP contribution in [0.1, 0.15) is 96.5 Å². The maximum absolute atomic E-state index is 6.27. The molecule has 0 N–H and O–H groups in total. The molecule has 2 rings (SSSR count). The summed E-state index contributed by atoms with van der Waals surface area (Å²) in [6, 6.07) is 8.75. The van der Waals surface area contributed by atoms with Gasteiger partial charge in [0.05, 0.1) is 0 Å². The van der Waals surface area contributed by atoms with Gasteiger partial charge in [-0.2, -0.15) is 0 Å². The summed E-state index contributed by atoms with van der Waals surface area (Å²) >= 11 is 0. The first-order valence-corrected chi connectivity index (χ1v) is 9.40. The molecule has 1 saturated carbocycles. The summed E-state index contributed by atoms with van der Waals surface area (Å²) < 4.78 is 6.27. The van der Waals surface area contributed by atoms with E-state index in [9.17, 15) is 0 Å². The normalized spacial score (nSPS) is 15.0. The SMILES string of the molecule is CCCCCCCCCC(C)(C)Oc1cccc(C2CC2)c1. The van der Waals surface area contributed by atoms with Gasteiger partial charge in [0.15, 0.2) is 0 Å². The van der Waals surface area contributed by atoms with E-state index in [4.69, 9.17) is 4.74 Å². The van der Waals surface area contributed by atoms with E-state index < -0.39 is 0 Å². The van der Waals surface area contributed by atoms with Gasteiger partial charge < -0.3 is 4.74 Å². The molecule has 1 aliphatic rings. The fourth-order valence-electron chi connectivity index (χ4n) is 3.13. The predicted octanol–water partition coefficient (Wildman–Crippen LogP) is 6.86. The van der Waals surface area contributed by atoms with Crippen molar-refractivity contribution in [1.29, 1.82) is 0 Å². The Bertz CT molecular complexity index is 431. The van der Waals surface area contributed by atoms with Gasteiger partial charge in [0.25, 0.3) is 0 Å². The summed E-state index contributed by atoms with van der Waals surface area (Å²) in [5, 5.41) is 0. The lowest BCUT2D eigenvalue weighted by Gasteiger charge is -2.27. The van der Waals surface area contributed by atoms with Gasteiger partial charge in [-0.25, -0.2) is 0 Å². The van der Waals surface area contributed by atoms with Gasteiger partial charge in [-0.1, -0.05) is 57.6 Å². The van der Waals surface area contributed by atoms with Crippen LogP contribution in [0.25, 0.3) is 0 Å². The van der Waals surface area contributed by atoms with E-state index >= 15 is 0 Å². The van der Waals surface area contributed by atoms with Gasteiger partial charge >= 0.3 is 0 Å². The Kier molecular flexibility index (Phi) is 6.79. The lowest BCUT2D eigenvalue weighted by Crippen LogP contribution is -2.28. The van der Waals surface area contributed by atoms with Crippen LogP contribution in [0.3, 0.4) is 0 Å². The number of hydrogen-bond acceptors (Lipinski definition) is 1. The predicted molar refractivity (Wildman–Crippen MR) is 95.7 cm³/mol. The summed E-state index contributed by atoms with van der Waals surface area (Å²) in [7, 11) is 0. The molecule has 1 nitrogen and oxygen atoms in total. The first-order valence-electron chi connectivity index (χ1n) is 9.40. The molecule has 0 bridgehead atoms. The van der Waals surface area contributed by atoms with Crippen molar-refractivity contribution < 1.29 is 4.74 Å². The zero-order valence-corrected chi connectivity index (χ0v) is 14.9. The molecule has 1 aromatic carbocycles. The summed E-state index contributed by atoms with van der Waals surface area (Å²) in [5.41, 5.74) is 1.41. The van der Waals surface area contributed by atoms with Crippen molar-refractivity contribution in [3.05, 3.63) is 29.8 Å². The molecule has 0 aliphatic heterocycles. The van der Waals surface area contributed by atoms with Gasteiger partial charge in [0.1, 0.15) is 11.4 Å². The Morgan fingerprint density at radius 2 is 1.68 bits per heavy atom. The van der Waals surface area contributed by atoms with Crippen molar-refractivity contribution in [3.63, 3.8) is 0 Å². The molecule has 0 aromatic heterocycles. The second-order valence-corrected chi connectivity index (χ2v) is 7.58. The van der Waals surface area contributed by atoms with Crippen LogP contribution in [0, 0.1) is 0 Å². The highest BCUT2D eigenvalue weighted by atomic mass is 16.5. The Balaban J connectivity index is 1.68. The van der Waals surface area contributed by atoms with Gasteiger partial charge in [0.2, 0.25) is 0 Å². The van der Waals surface area contributed by atoms with Crippen molar-refractivity contribution in [1.82, 2.24) is 0 Å². The van der Waals surface area contributed by atoms with Gasteiger partial charge in [-0.15, -0.1) is 0 Å². The van der Waals surface area contributed by atoms with E-state index in [1.807, 2.05) is 0 Å². The molecule has 0 saturated heterocycles. The summed E-state index contributed by atoms with van der Waals surface area (Å²) in [5.74, 6) is 1.85. The van der Waals surface area contributed by atoms with Crippen LogP contribution in [0.2, 0.25) is 0 Å². The van der Waals surface area contributed by atoms with Crippen LogP contribution in [0.4, 0.5) is 0 Å². The number of ether oxygens (including phenoxy) is 1.